The van der Waals surface area contributed by atoms with Gasteiger partial charge in [0.25, 0.3) is 0 Å². The molecule has 0 aromatic rings. The summed E-state index contributed by atoms with van der Waals surface area (Å²) in [6, 6.07) is 0.151. The second-order valence-electron chi connectivity index (χ2n) is 5.88. The van der Waals surface area contributed by atoms with E-state index in [0.29, 0.717) is 13.2 Å². The molecule has 0 aliphatic carbocycles. The second-order valence-corrected chi connectivity index (χ2v) is 6.53. The molecule has 2 rings (SSSR count). The Morgan fingerprint density at radius 1 is 1.26 bits per heavy atom. The zero-order valence-corrected chi connectivity index (χ0v) is 13.7. The molecule has 0 N–H and O–H groups in total. The van der Waals surface area contributed by atoms with Crippen LogP contribution in [0.4, 0.5) is 0 Å². The summed E-state index contributed by atoms with van der Waals surface area (Å²) in [5.41, 5.74) is 0. The molecule has 4 nitrogen and oxygen atoms in total. The number of amides is 1. The van der Waals surface area contributed by atoms with E-state index >= 15 is 0 Å². The molecular weight excluding hydrogens is 310 g/mol. The van der Waals surface area contributed by atoms with Gasteiger partial charge in [-0.25, -0.2) is 0 Å². The fourth-order valence-electron chi connectivity index (χ4n) is 3.10. The molecule has 2 fully saturated rings. The van der Waals surface area contributed by atoms with Gasteiger partial charge in [-0.05, 0) is 26.7 Å². The van der Waals surface area contributed by atoms with Gasteiger partial charge in [0.15, 0.2) is 0 Å². The minimum Gasteiger partial charge on any atom is -0.374 e. The molecule has 0 saturated carbocycles. The molecule has 0 spiro atoms. The lowest BCUT2D eigenvalue weighted by atomic mass is 9.88. The number of hydrogen-bond donors (Lipinski definition) is 0. The first-order valence-corrected chi connectivity index (χ1v) is 8.21. The van der Waals surface area contributed by atoms with Gasteiger partial charge in [-0.2, -0.15) is 0 Å². The van der Waals surface area contributed by atoms with Crippen molar-refractivity contribution in [2.75, 3.05) is 18.5 Å². The molecule has 0 radical (unpaired) electrons. The Morgan fingerprint density at radius 3 is 2.47 bits per heavy atom. The summed E-state index contributed by atoms with van der Waals surface area (Å²) < 4.78 is 11.5. The summed E-state index contributed by atoms with van der Waals surface area (Å²) >= 11 is 3.44. The normalized spacial score (nSPS) is 43.5. The van der Waals surface area contributed by atoms with Crippen LogP contribution in [0.1, 0.15) is 27.7 Å². The lowest BCUT2D eigenvalue weighted by molar-refractivity contribution is -0.149. The number of nitrogens with zero attached hydrogens (tertiary/aromatic N) is 1. The minimum atomic E-state index is -0.0217. The van der Waals surface area contributed by atoms with Crippen molar-refractivity contribution in [1.29, 1.82) is 0 Å². The van der Waals surface area contributed by atoms with Crippen LogP contribution in [0.2, 0.25) is 0 Å². The van der Waals surface area contributed by atoms with E-state index in [1.807, 2.05) is 11.8 Å². The van der Waals surface area contributed by atoms with Crippen molar-refractivity contribution >= 4 is 21.8 Å². The van der Waals surface area contributed by atoms with Crippen LogP contribution in [0, 0.1) is 11.8 Å². The Hall–Kier alpha value is -0.130. The van der Waals surface area contributed by atoms with E-state index < -0.39 is 0 Å². The summed E-state index contributed by atoms with van der Waals surface area (Å²) in [4.78, 5) is 14.8. The number of carbonyl (C=O) groups excluding carboxylic acids is 1. The standard InChI is InChI=1S/C14H24BrNO3/c1-8-7-18-12(5-15)6-16(8)14(17)13-9(2)10(3)19-11(13)4/h8-13H,5-7H2,1-4H3. The van der Waals surface area contributed by atoms with E-state index in [1.165, 1.54) is 0 Å². The van der Waals surface area contributed by atoms with E-state index in [1.54, 1.807) is 0 Å². The van der Waals surface area contributed by atoms with Gasteiger partial charge < -0.3 is 14.4 Å². The van der Waals surface area contributed by atoms with Gasteiger partial charge in [-0.15, -0.1) is 0 Å². The van der Waals surface area contributed by atoms with Crippen molar-refractivity contribution in [2.45, 2.75) is 52.0 Å². The molecule has 2 aliphatic heterocycles. The van der Waals surface area contributed by atoms with Gasteiger partial charge >= 0.3 is 0 Å². The number of ether oxygens (including phenoxy) is 2. The first-order valence-electron chi connectivity index (χ1n) is 7.09. The van der Waals surface area contributed by atoms with Crippen LogP contribution in [0.5, 0.6) is 0 Å². The quantitative estimate of drug-likeness (QED) is 0.726. The molecule has 110 valence electrons. The first-order chi connectivity index (χ1) is 8.95. The van der Waals surface area contributed by atoms with Crippen LogP contribution in [0.3, 0.4) is 0 Å². The Kier molecular flexibility index (Phi) is 4.90. The summed E-state index contributed by atoms with van der Waals surface area (Å²) in [5.74, 6) is 0.484. The van der Waals surface area contributed by atoms with E-state index in [4.69, 9.17) is 9.47 Å². The van der Waals surface area contributed by atoms with E-state index in [2.05, 4.69) is 36.7 Å². The summed E-state index contributed by atoms with van der Waals surface area (Å²) in [6.45, 7) is 9.53. The zero-order valence-electron chi connectivity index (χ0n) is 12.1. The van der Waals surface area contributed by atoms with Gasteiger partial charge in [-0.1, -0.05) is 22.9 Å². The SMILES string of the molecule is CC1OC(C)C(C(=O)N2CC(CBr)OCC2C)C1C. The van der Waals surface area contributed by atoms with Crippen molar-refractivity contribution in [3.05, 3.63) is 0 Å². The molecule has 1 amide bonds. The monoisotopic (exact) mass is 333 g/mol. The first kappa shape index (κ1) is 15.3. The highest BCUT2D eigenvalue weighted by molar-refractivity contribution is 9.09. The highest BCUT2D eigenvalue weighted by Crippen LogP contribution is 2.34. The molecule has 2 saturated heterocycles. The molecule has 0 aromatic heterocycles. The Bertz CT molecular complexity index is 339. The highest BCUT2D eigenvalue weighted by Gasteiger charge is 2.45. The Labute approximate surface area is 123 Å². The number of alkyl halides is 1. The molecule has 19 heavy (non-hydrogen) atoms. The molecule has 6 unspecified atom stereocenters. The van der Waals surface area contributed by atoms with Crippen molar-refractivity contribution in [2.24, 2.45) is 11.8 Å². The van der Waals surface area contributed by atoms with Gasteiger partial charge in [0.05, 0.1) is 36.9 Å². The van der Waals surface area contributed by atoms with Crippen LogP contribution in [0.25, 0.3) is 0 Å². The number of halogens is 1. The third-order valence-corrected chi connectivity index (χ3v) is 5.21. The lowest BCUT2D eigenvalue weighted by Crippen LogP contribution is -2.54. The van der Waals surface area contributed by atoms with Crippen molar-refractivity contribution in [1.82, 2.24) is 4.90 Å². The predicted molar refractivity (Wildman–Crippen MR) is 77.4 cm³/mol. The average molecular weight is 334 g/mol. The molecule has 0 aromatic carbocycles. The van der Waals surface area contributed by atoms with Gasteiger partial charge in [0.2, 0.25) is 5.91 Å². The van der Waals surface area contributed by atoms with E-state index in [-0.39, 0.29) is 42.1 Å². The maximum absolute atomic E-state index is 12.8. The third kappa shape index (κ3) is 2.98. The van der Waals surface area contributed by atoms with Crippen LogP contribution in [-0.4, -0.2) is 53.6 Å². The number of hydrogen-bond acceptors (Lipinski definition) is 3. The zero-order chi connectivity index (χ0) is 14.2. The number of morpholine rings is 1. The largest absolute Gasteiger partial charge is 0.374 e. The third-order valence-electron chi connectivity index (χ3n) is 4.49. The fourth-order valence-corrected chi connectivity index (χ4v) is 3.49. The van der Waals surface area contributed by atoms with Gasteiger partial charge in [0, 0.05) is 11.9 Å². The fraction of sp³-hybridized carbons (Fsp3) is 0.929. The molecule has 2 aliphatic rings. The maximum atomic E-state index is 12.8. The Balaban J connectivity index is 2.09. The summed E-state index contributed by atoms with van der Waals surface area (Å²) in [6.07, 6.45) is 0.271. The topological polar surface area (TPSA) is 38.8 Å². The number of rotatable bonds is 2. The van der Waals surface area contributed by atoms with E-state index in [9.17, 15) is 4.79 Å². The van der Waals surface area contributed by atoms with Gasteiger partial charge in [0.1, 0.15) is 0 Å². The van der Waals surface area contributed by atoms with Crippen molar-refractivity contribution in [3.63, 3.8) is 0 Å². The van der Waals surface area contributed by atoms with Crippen LogP contribution in [0.15, 0.2) is 0 Å². The number of carbonyl (C=O) groups is 1. The van der Waals surface area contributed by atoms with Crippen molar-refractivity contribution < 1.29 is 14.3 Å². The second kappa shape index (κ2) is 6.10. The molecule has 6 atom stereocenters. The van der Waals surface area contributed by atoms with Gasteiger partial charge in [-0.3, -0.25) is 4.79 Å². The highest BCUT2D eigenvalue weighted by atomic mass is 79.9. The lowest BCUT2D eigenvalue weighted by Gasteiger charge is -2.39. The van der Waals surface area contributed by atoms with Crippen LogP contribution >= 0.6 is 15.9 Å². The Morgan fingerprint density at radius 2 is 1.95 bits per heavy atom. The summed E-state index contributed by atoms with van der Waals surface area (Å²) in [7, 11) is 0. The average Bonchev–Trinajstić information content (AvgIpc) is 2.63. The molecule has 5 heteroatoms. The summed E-state index contributed by atoms with van der Waals surface area (Å²) in [5, 5.41) is 0.770. The maximum Gasteiger partial charge on any atom is 0.229 e. The van der Waals surface area contributed by atoms with Crippen LogP contribution in [-0.2, 0) is 14.3 Å². The molecule has 0 bridgehead atoms. The van der Waals surface area contributed by atoms with Crippen molar-refractivity contribution in [3.8, 4) is 0 Å². The predicted octanol–water partition coefficient (Wildman–Crippen LogP) is 2.06. The molecular formula is C14H24BrNO3. The minimum absolute atomic E-state index is 0.00923. The van der Waals surface area contributed by atoms with Crippen LogP contribution < -0.4 is 0 Å². The van der Waals surface area contributed by atoms with E-state index in [0.717, 1.165) is 5.33 Å². The molecule has 2 heterocycles. The smallest absolute Gasteiger partial charge is 0.229 e.